The highest BCUT2D eigenvalue weighted by atomic mass is 19.1. The van der Waals surface area contributed by atoms with Crippen LogP contribution in [0.3, 0.4) is 0 Å². The smallest absolute Gasteiger partial charge is 0.252 e. The van der Waals surface area contributed by atoms with Gasteiger partial charge in [-0.05, 0) is 30.4 Å². The first-order valence-corrected chi connectivity index (χ1v) is 6.83. The van der Waals surface area contributed by atoms with Crippen LogP contribution in [0.25, 0.3) is 10.8 Å². The Bertz CT molecular complexity index is 635. The van der Waals surface area contributed by atoms with Crippen LogP contribution in [0.5, 0.6) is 0 Å². The molecule has 3 nitrogen and oxygen atoms in total. The van der Waals surface area contributed by atoms with Crippen molar-refractivity contribution in [3.05, 3.63) is 47.8 Å². The van der Waals surface area contributed by atoms with Gasteiger partial charge in [0.05, 0.1) is 6.10 Å². The second-order valence-corrected chi connectivity index (χ2v) is 4.99. The molecule has 1 amide bonds. The molecule has 0 aromatic heterocycles. The molecule has 0 unspecified atom stereocenters. The molecule has 0 saturated carbocycles. The van der Waals surface area contributed by atoms with Crippen molar-refractivity contribution in [2.45, 2.75) is 18.9 Å². The summed E-state index contributed by atoms with van der Waals surface area (Å²) < 4.78 is 19.2. The fraction of sp³-hybridized carbons (Fsp3) is 0.312. The summed E-state index contributed by atoms with van der Waals surface area (Å²) in [6.45, 7) is 1.27. The highest BCUT2D eigenvalue weighted by Gasteiger charge is 2.18. The molecule has 3 rings (SSSR count). The Morgan fingerprint density at radius 3 is 2.80 bits per heavy atom. The summed E-state index contributed by atoms with van der Waals surface area (Å²) in [7, 11) is 0. The van der Waals surface area contributed by atoms with E-state index in [1.165, 1.54) is 12.1 Å². The minimum Gasteiger partial charge on any atom is -0.376 e. The van der Waals surface area contributed by atoms with Crippen LogP contribution >= 0.6 is 0 Å². The highest BCUT2D eigenvalue weighted by Crippen LogP contribution is 2.21. The normalized spacial score (nSPS) is 18.4. The van der Waals surface area contributed by atoms with Crippen molar-refractivity contribution >= 4 is 16.7 Å². The Hall–Kier alpha value is -1.94. The van der Waals surface area contributed by atoms with E-state index in [9.17, 15) is 9.18 Å². The number of halogens is 1. The summed E-state index contributed by atoms with van der Waals surface area (Å²) in [6.07, 6.45) is 2.12. The molecule has 20 heavy (non-hydrogen) atoms. The molecule has 4 heteroatoms. The molecule has 0 aliphatic carbocycles. The van der Waals surface area contributed by atoms with Gasteiger partial charge < -0.3 is 10.1 Å². The van der Waals surface area contributed by atoms with Crippen molar-refractivity contribution in [3.8, 4) is 0 Å². The van der Waals surface area contributed by atoms with E-state index in [0.29, 0.717) is 22.9 Å². The topological polar surface area (TPSA) is 38.3 Å². The van der Waals surface area contributed by atoms with Crippen LogP contribution in [0, 0.1) is 5.82 Å². The maximum atomic E-state index is 13.7. The predicted molar refractivity (Wildman–Crippen MR) is 75.2 cm³/mol. The monoisotopic (exact) mass is 273 g/mol. The molecule has 2 aromatic carbocycles. The van der Waals surface area contributed by atoms with Crippen molar-refractivity contribution in [3.63, 3.8) is 0 Å². The zero-order valence-corrected chi connectivity index (χ0v) is 11.1. The fourth-order valence-corrected chi connectivity index (χ4v) is 2.57. The number of carbonyl (C=O) groups is 1. The Kier molecular flexibility index (Phi) is 3.65. The van der Waals surface area contributed by atoms with Gasteiger partial charge in [0.15, 0.2) is 0 Å². The van der Waals surface area contributed by atoms with Crippen LogP contribution in [-0.4, -0.2) is 25.2 Å². The minimum absolute atomic E-state index is 0.102. The molecule has 1 N–H and O–H groups in total. The zero-order chi connectivity index (χ0) is 13.9. The molecule has 0 bridgehead atoms. The van der Waals surface area contributed by atoms with Crippen LogP contribution in [0.4, 0.5) is 4.39 Å². The van der Waals surface area contributed by atoms with Gasteiger partial charge in [-0.2, -0.15) is 0 Å². The van der Waals surface area contributed by atoms with Gasteiger partial charge in [0.25, 0.3) is 5.91 Å². The Labute approximate surface area is 116 Å². The molecular formula is C16H16FNO2. The Morgan fingerprint density at radius 2 is 2.05 bits per heavy atom. The number of hydrogen-bond donors (Lipinski definition) is 1. The SMILES string of the molecule is O=C(NC[C@H]1CCCO1)c1ccc(F)c2ccccc12. The number of nitrogens with one attached hydrogen (secondary N) is 1. The average Bonchev–Trinajstić information content (AvgIpc) is 2.99. The molecule has 1 atom stereocenters. The van der Waals surface area contributed by atoms with E-state index in [1.54, 1.807) is 24.3 Å². The second kappa shape index (κ2) is 5.59. The summed E-state index contributed by atoms with van der Waals surface area (Å²) in [5.74, 6) is -0.493. The summed E-state index contributed by atoms with van der Waals surface area (Å²) in [6, 6.07) is 9.88. The Balaban J connectivity index is 1.82. The molecule has 1 heterocycles. The van der Waals surface area contributed by atoms with Gasteiger partial charge in [0, 0.05) is 24.1 Å². The van der Waals surface area contributed by atoms with Gasteiger partial charge in [-0.3, -0.25) is 4.79 Å². The zero-order valence-electron chi connectivity index (χ0n) is 11.1. The first-order valence-electron chi connectivity index (χ1n) is 6.83. The standard InChI is InChI=1S/C16H16FNO2/c17-15-8-7-14(12-5-1-2-6-13(12)15)16(19)18-10-11-4-3-9-20-11/h1-2,5-8,11H,3-4,9-10H2,(H,18,19)/t11-/m1/s1. The minimum atomic E-state index is -0.309. The lowest BCUT2D eigenvalue weighted by Gasteiger charge is -2.12. The van der Waals surface area contributed by atoms with Crippen LogP contribution in [-0.2, 0) is 4.74 Å². The fourth-order valence-electron chi connectivity index (χ4n) is 2.57. The molecule has 1 aliphatic rings. The van der Waals surface area contributed by atoms with Crippen LogP contribution in [0.15, 0.2) is 36.4 Å². The van der Waals surface area contributed by atoms with Crippen molar-refractivity contribution in [2.24, 2.45) is 0 Å². The number of amides is 1. The molecule has 2 aromatic rings. The number of fused-ring (bicyclic) bond motifs is 1. The maximum Gasteiger partial charge on any atom is 0.252 e. The average molecular weight is 273 g/mol. The summed E-state index contributed by atoms with van der Waals surface area (Å²) in [5.41, 5.74) is 0.500. The molecule has 1 saturated heterocycles. The van der Waals surface area contributed by atoms with E-state index in [2.05, 4.69) is 5.32 Å². The molecule has 0 radical (unpaired) electrons. The molecule has 1 aliphatic heterocycles. The van der Waals surface area contributed by atoms with Crippen molar-refractivity contribution < 1.29 is 13.9 Å². The van der Waals surface area contributed by atoms with E-state index >= 15 is 0 Å². The summed E-state index contributed by atoms with van der Waals surface area (Å²) in [4.78, 5) is 12.2. The highest BCUT2D eigenvalue weighted by molar-refractivity contribution is 6.07. The molecular weight excluding hydrogens is 257 g/mol. The van der Waals surface area contributed by atoms with E-state index < -0.39 is 0 Å². The van der Waals surface area contributed by atoms with E-state index in [0.717, 1.165) is 19.4 Å². The largest absolute Gasteiger partial charge is 0.376 e. The molecule has 0 spiro atoms. The van der Waals surface area contributed by atoms with E-state index in [1.807, 2.05) is 0 Å². The van der Waals surface area contributed by atoms with Gasteiger partial charge in [-0.1, -0.05) is 24.3 Å². The third kappa shape index (κ3) is 2.51. The lowest BCUT2D eigenvalue weighted by Crippen LogP contribution is -2.31. The number of carbonyl (C=O) groups excluding carboxylic acids is 1. The first kappa shape index (κ1) is 13.1. The van der Waals surface area contributed by atoms with E-state index in [4.69, 9.17) is 4.74 Å². The quantitative estimate of drug-likeness (QED) is 0.933. The number of benzene rings is 2. The molecule has 1 fully saturated rings. The number of ether oxygens (including phenoxy) is 1. The lowest BCUT2D eigenvalue weighted by atomic mass is 10.0. The van der Waals surface area contributed by atoms with Gasteiger partial charge >= 0.3 is 0 Å². The van der Waals surface area contributed by atoms with E-state index in [-0.39, 0.29) is 17.8 Å². The third-order valence-electron chi connectivity index (χ3n) is 3.63. The summed E-state index contributed by atoms with van der Waals surface area (Å²) >= 11 is 0. The van der Waals surface area contributed by atoms with Crippen molar-refractivity contribution in [1.82, 2.24) is 5.32 Å². The van der Waals surface area contributed by atoms with Gasteiger partial charge in [0.1, 0.15) is 5.82 Å². The maximum absolute atomic E-state index is 13.7. The third-order valence-corrected chi connectivity index (χ3v) is 3.63. The van der Waals surface area contributed by atoms with Crippen LogP contribution in [0.2, 0.25) is 0 Å². The lowest BCUT2D eigenvalue weighted by molar-refractivity contribution is 0.0859. The van der Waals surface area contributed by atoms with Crippen molar-refractivity contribution in [2.75, 3.05) is 13.2 Å². The van der Waals surface area contributed by atoms with Gasteiger partial charge in [-0.25, -0.2) is 4.39 Å². The van der Waals surface area contributed by atoms with Crippen molar-refractivity contribution in [1.29, 1.82) is 0 Å². The molecule has 104 valence electrons. The predicted octanol–water partition coefficient (Wildman–Crippen LogP) is 2.89. The first-order chi connectivity index (χ1) is 9.75. The van der Waals surface area contributed by atoms with Crippen LogP contribution in [0.1, 0.15) is 23.2 Å². The van der Waals surface area contributed by atoms with Crippen LogP contribution < -0.4 is 5.32 Å². The number of hydrogen-bond acceptors (Lipinski definition) is 2. The van der Waals surface area contributed by atoms with Gasteiger partial charge in [-0.15, -0.1) is 0 Å². The number of rotatable bonds is 3. The van der Waals surface area contributed by atoms with Gasteiger partial charge in [0.2, 0.25) is 0 Å². The second-order valence-electron chi connectivity index (χ2n) is 4.99. The Morgan fingerprint density at radius 1 is 1.25 bits per heavy atom. The summed E-state index contributed by atoms with van der Waals surface area (Å²) in [5, 5.41) is 3.97.